The highest BCUT2D eigenvalue weighted by Gasteiger charge is 2.64. The number of para-hydroxylation sites is 1. The quantitative estimate of drug-likeness (QED) is 0.388. The van der Waals surface area contributed by atoms with E-state index in [9.17, 15) is 14.4 Å². The highest BCUT2D eigenvalue weighted by atomic mass is 16.5. The molecular weight excluding hydrogens is 416 g/mol. The van der Waals surface area contributed by atoms with Gasteiger partial charge in [-0.2, -0.15) is 0 Å². The molecule has 2 saturated heterocycles. The Balaban J connectivity index is 1.61. The molecule has 6 heteroatoms. The summed E-state index contributed by atoms with van der Waals surface area (Å²) in [6.45, 7) is 4.79. The largest absolute Gasteiger partial charge is 0.385 e. The third-order valence-electron chi connectivity index (χ3n) is 7.18. The summed E-state index contributed by atoms with van der Waals surface area (Å²) in [5.74, 6) is -1.81. The molecule has 3 heterocycles. The molecule has 0 unspecified atom stereocenters. The summed E-state index contributed by atoms with van der Waals surface area (Å²) in [5.41, 5.74) is 4.63. The van der Waals surface area contributed by atoms with Gasteiger partial charge in [-0.25, -0.2) is 0 Å². The highest BCUT2D eigenvalue weighted by molar-refractivity contribution is 6.14. The lowest BCUT2D eigenvalue weighted by molar-refractivity contribution is -0.140. The average molecular weight is 445 g/mol. The predicted octanol–water partition coefficient (Wildman–Crippen LogP) is 3.49. The summed E-state index contributed by atoms with van der Waals surface area (Å²) >= 11 is 0. The Hall–Kier alpha value is -3.25. The van der Waals surface area contributed by atoms with Crippen LogP contribution in [0, 0.1) is 18.8 Å². The molecule has 0 aliphatic carbocycles. The average Bonchev–Trinajstić information content (AvgIpc) is 3.28. The summed E-state index contributed by atoms with van der Waals surface area (Å²) < 4.78 is 5.11. The third-order valence-corrected chi connectivity index (χ3v) is 7.18. The Kier molecular flexibility index (Phi) is 5.41. The maximum absolute atomic E-state index is 13.9. The summed E-state index contributed by atoms with van der Waals surface area (Å²) in [6.07, 6.45) is 2.64. The number of hydrogen-bond acceptors (Lipinski definition) is 5. The lowest BCUT2D eigenvalue weighted by Crippen LogP contribution is -2.49. The molecule has 0 saturated carbocycles. The van der Waals surface area contributed by atoms with Crippen molar-refractivity contribution in [3.8, 4) is 0 Å². The number of benzene rings is 2. The van der Waals surface area contributed by atoms with Crippen molar-refractivity contribution in [2.24, 2.45) is 11.8 Å². The first-order valence-corrected chi connectivity index (χ1v) is 11.4. The minimum absolute atomic E-state index is 0.116. The van der Waals surface area contributed by atoms with Gasteiger partial charge in [-0.05, 0) is 31.9 Å². The third kappa shape index (κ3) is 3.32. The number of amides is 2. The van der Waals surface area contributed by atoms with Crippen molar-refractivity contribution in [3.63, 3.8) is 0 Å². The van der Waals surface area contributed by atoms with Crippen molar-refractivity contribution in [1.29, 1.82) is 0 Å². The van der Waals surface area contributed by atoms with Gasteiger partial charge in [0.2, 0.25) is 11.8 Å². The molecule has 2 aromatic carbocycles. The molecule has 3 aliphatic rings. The molecule has 5 rings (SSSR count). The normalized spacial score (nSPS) is 25.6. The Morgan fingerprint density at radius 3 is 2.39 bits per heavy atom. The number of methoxy groups -OCH3 is 1. The summed E-state index contributed by atoms with van der Waals surface area (Å²) in [6, 6.07) is 14.3. The number of Topliss-reactive ketones (excluding diaryl/α,β-unsaturated/α-hetero) is 1. The standard InChI is InChI=1S/C27H28N2O4/c1-16-9-11-18(12-10-16)25(30)24-23-22(26(31)28(27(23)32)13-6-14-33-3)21-15-17(2)19-7-4-5-8-20(19)29(21)24/h4-5,7-12,15,21-24H,6,13-14H2,1-3H3/t21-,22-,23+,24-/m1/s1. The maximum Gasteiger partial charge on any atom is 0.235 e. The van der Waals surface area contributed by atoms with E-state index in [0.717, 1.165) is 22.4 Å². The van der Waals surface area contributed by atoms with Gasteiger partial charge in [0, 0.05) is 37.1 Å². The molecule has 6 nitrogen and oxygen atoms in total. The smallest absolute Gasteiger partial charge is 0.235 e. The van der Waals surface area contributed by atoms with Crippen molar-refractivity contribution in [1.82, 2.24) is 4.90 Å². The number of hydrogen-bond donors (Lipinski definition) is 0. The molecule has 2 amide bonds. The van der Waals surface area contributed by atoms with Gasteiger partial charge < -0.3 is 9.64 Å². The molecule has 3 aliphatic heterocycles. The number of likely N-dealkylation sites (tertiary alicyclic amines) is 1. The van der Waals surface area contributed by atoms with Crippen LogP contribution in [0.3, 0.4) is 0 Å². The number of carbonyl (C=O) groups is 3. The molecule has 33 heavy (non-hydrogen) atoms. The minimum atomic E-state index is -0.725. The van der Waals surface area contributed by atoms with Crippen LogP contribution >= 0.6 is 0 Å². The number of fused-ring (bicyclic) bond motifs is 5. The zero-order chi connectivity index (χ0) is 23.3. The zero-order valence-electron chi connectivity index (χ0n) is 19.2. The van der Waals surface area contributed by atoms with Gasteiger partial charge in [-0.3, -0.25) is 19.3 Å². The number of rotatable bonds is 6. The van der Waals surface area contributed by atoms with E-state index in [-0.39, 0.29) is 23.6 Å². The molecule has 0 spiro atoms. The number of anilines is 1. The van der Waals surface area contributed by atoms with Crippen molar-refractivity contribution >= 4 is 28.9 Å². The fraction of sp³-hybridized carbons (Fsp3) is 0.370. The van der Waals surface area contributed by atoms with Crippen LogP contribution in [-0.4, -0.2) is 54.8 Å². The lowest BCUT2D eigenvalue weighted by atomic mass is 9.85. The molecule has 170 valence electrons. The lowest BCUT2D eigenvalue weighted by Gasteiger charge is -2.38. The first-order chi connectivity index (χ1) is 15.9. The van der Waals surface area contributed by atoms with Crippen LogP contribution in [0.2, 0.25) is 0 Å². The van der Waals surface area contributed by atoms with Gasteiger partial charge in [0.1, 0.15) is 6.04 Å². The molecule has 0 radical (unpaired) electrons. The fourth-order valence-corrected chi connectivity index (χ4v) is 5.64. The van der Waals surface area contributed by atoms with Gasteiger partial charge in [0.25, 0.3) is 0 Å². The number of carbonyl (C=O) groups excluding carboxylic acids is 3. The highest BCUT2D eigenvalue weighted by Crippen LogP contribution is 2.50. The summed E-state index contributed by atoms with van der Waals surface area (Å²) in [4.78, 5) is 44.4. The number of ketones is 1. The van der Waals surface area contributed by atoms with E-state index in [1.807, 2.05) is 67.3 Å². The van der Waals surface area contributed by atoms with E-state index in [1.54, 1.807) is 7.11 Å². The van der Waals surface area contributed by atoms with Crippen LogP contribution in [0.5, 0.6) is 0 Å². The first kappa shape index (κ1) is 21.6. The van der Waals surface area contributed by atoms with Gasteiger partial charge in [0.05, 0.1) is 17.9 Å². The van der Waals surface area contributed by atoms with Gasteiger partial charge in [-0.1, -0.05) is 54.1 Å². The van der Waals surface area contributed by atoms with Crippen molar-refractivity contribution in [2.75, 3.05) is 25.2 Å². The minimum Gasteiger partial charge on any atom is -0.385 e. The van der Waals surface area contributed by atoms with Crippen LogP contribution in [0.1, 0.15) is 34.8 Å². The number of aryl methyl sites for hydroxylation is 1. The predicted molar refractivity (Wildman–Crippen MR) is 126 cm³/mol. The second kappa shape index (κ2) is 8.27. The second-order valence-electron chi connectivity index (χ2n) is 9.17. The molecule has 2 fully saturated rings. The Labute approximate surface area is 193 Å². The molecule has 4 atom stereocenters. The van der Waals surface area contributed by atoms with Crippen molar-refractivity contribution in [2.45, 2.75) is 32.4 Å². The van der Waals surface area contributed by atoms with E-state index in [0.29, 0.717) is 25.1 Å². The topological polar surface area (TPSA) is 66.9 Å². The molecular formula is C27H28N2O4. The zero-order valence-corrected chi connectivity index (χ0v) is 19.2. The number of allylic oxidation sites excluding steroid dienone is 1. The van der Waals surface area contributed by atoms with E-state index in [1.165, 1.54) is 4.90 Å². The van der Waals surface area contributed by atoms with Gasteiger partial charge in [-0.15, -0.1) is 0 Å². The van der Waals surface area contributed by atoms with Crippen LogP contribution in [-0.2, 0) is 14.3 Å². The Morgan fingerprint density at radius 2 is 1.67 bits per heavy atom. The summed E-state index contributed by atoms with van der Waals surface area (Å²) in [5, 5.41) is 0. The monoisotopic (exact) mass is 444 g/mol. The summed E-state index contributed by atoms with van der Waals surface area (Å²) in [7, 11) is 1.60. The maximum atomic E-state index is 13.9. The van der Waals surface area contributed by atoms with Crippen molar-refractivity contribution in [3.05, 3.63) is 71.3 Å². The molecule has 2 aromatic rings. The number of imide groups is 1. The van der Waals surface area contributed by atoms with Crippen LogP contribution < -0.4 is 4.90 Å². The van der Waals surface area contributed by atoms with Crippen LogP contribution in [0.25, 0.3) is 5.57 Å². The fourth-order valence-electron chi connectivity index (χ4n) is 5.64. The van der Waals surface area contributed by atoms with Crippen molar-refractivity contribution < 1.29 is 19.1 Å². The SMILES string of the molecule is COCCCN1C(=O)[C@H]2[C@H](C1=O)[C@H](C(=O)c1ccc(C)cc1)N1c3ccccc3C(C)=C[C@H]21. The Bertz CT molecular complexity index is 1150. The Morgan fingerprint density at radius 1 is 0.970 bits per heavy atom. The molecule has 0 N–H and O–H groups in total. The van der Waals surface area contributed by atoms with Gasteiger partial charge in [0.15, 0.2) is 5.78 Å². The van der Waals surface area contributed by atoms with Gasteiger partial charge >= 0.3 is 0 Å². The van der Waals surface area contributed by atoms with E-state index in [2.05, 4.69) is 6.08 Å². The first-order valence-electron chi connectivity index (χ1n) is 11.4. The number of ether oxygens (including phenoxy) is 1. The van der Waals surface area contributed by atoms with E-state index < -0.39 is 17.9 Å². The second-order valence-corrected chi connectivity index (χ2v) is 9.17. The molecule has 0 bridgehead atoms. The van der Waals surface area contributed by atoms with E-state index >= 15 is 0 Å². The number of nitrogens with zero attached hydrogens (tertiary/aromatic N) is 2. The molecule has 0 aromatic heterocycles. The van der Waals surface area contributed by atoms with Crippen LogP contribution in [0.4, 0.5) is 5.69 Å². The van der Waals surface area contributed by atoms with Crippen LogP contribution in [0.15, 0.2) is 54.6 Å². The van der Waals surface area contributed by atoms with E-state index in [4.69, 9.17) is 4.74 Å².